The number of carbonyl (C=O) groups is 1. The van der Waals surface area contributed by atoms with Gasteiger partial charge in [-0.1, -0.05) is 0 Å². The standard InChI is InChI=1S/C11H13IN2O3/c1-16-9(15)7-6(12)8(14-13-7)10-3-11(4-10,5-10)17-2/h3-5H2,1-2H3,(H,13,14). The lowest BCUT2D eigenvalue weighted by Crippen LogP contribution is -2.70. The summed E-state index contributed by atoms with van der Waals surface area (Å²) < 4.78 is 11.1. The highest BCUT2D eigenvalue weighted by molar-refractivity contribution is 14.1. The molecule has 17 heavy (non-hydrogen) atoms. The lowest BCUT2D eigenvalue weighted by Gasteiger charge is -2.68. The van der Waals surface area contributed by atoms with Crippen molar-refractivity contribution in [1.29, 1.82) is 0 Å². The number of nitrogens with one attached hydrogen (secondary N) is 1. The van der Waals surface area contributed by atoms with Gasteiger partial charge in [0.05, 0.1) is 22.0 Å². The molecular weight excluding hydrogens is 335 g/mol. The summed E-state index contributed by atoms with van der Waals surface area (Å²) in [4.78, 5) is 11.5. The van der Waals surface area contributed by atoms with Gasteiger partial charge >= 0.3 is 5.97 Å². The fourth-order valence-corrected chi connectivity index (χ4v) is 4.11. The van der Waals surface area contributed by atoms with Crippen LogP contribution in [0.15, 0.2) is 0 Å². The van der Waals surface area contributed by atoms with Gasteiger partial charge in [-0.15, -0.1) is 0 Å². The van der Waals surface area contributed by atoms with Crippen LogP contribution in [0.25, 0.3) is 0 Å². The number of carbonyl (C=O) groups excluding carboxylic acids is 1. The quantitative estimate of drug-likeness (QED) is 0.666. The molecule has 3 aliphatic rings. The highest BCUT2D eigenvalue weighted by Crippen LogP contribution is 2.69. The SMILES string of the molecule is COC(=O)c1[nH]nc(C23CC(OC)(C2)C3)c1I. The molecule has 0 amide bonds. The fourth-order valence-electron chi connectivity index (χ4n) is 3.08. The number of halogens is 1. The Morgan fingerprint density at radius 3 is 2.59 bits per heavy atom. The molecule has 3 saturated carbocycles. The number of aromatic amines is 1. The maximum absolute atomic E-state index is 11.5. The van der Waals surface area contributed by atoms with Crippen LogP contribution in [0.3, 0.4) is 0 Å². The highest BCUT2D eigenvalue weighted by atomic mass is 127. The van der Waals surface area contributed by atoms with Crippen molar-refractivity contribution in [3.8, 4) is 0 Å². The first-order valence-corrected chi connectivity index (χ1v) is 6.52. The average Bonchev–Trinajstić information content (AvgIpc) is 2.57. The zero-order chi connectivity index (χ0) is 12.3. The molecule has 92 valence electrons. The van der Waals surface area contributed by atoms with Crippen LogP contribution in [0.4, 0.5) is 0 Å². The Hall–Kier alpha value is -0.630. The van der Waals surface area contributed by atoms with E-state index in [0.717, 1.165) is 28.5 Å². The van der Waals surface area contributed by atoms with E-state index in [1.807, 2.05) is 0 Å². The normalized spacial score (nSPS) is 33.8. The fraction of sp³-hybridized carbons (Fsp3) is 0.636. The predicted molar refractivity (Wildman–Crippen MR) is 67.9 cm³/mol. The number of methoxy groups -OCH3 is 2. The van der Waals surface area contributed by atoms with Crippen LogP contribution in [0.2, 0.25) is 0 Å². The topological polar surface area (TPSA) is 64.2 Å². The largest absolute Gasteiger partial charge is 0.464 e. The number of aromatic nitrogens is 2. The lowest BCUT2D eigenvalue weighted by molar-refractivity contribution is -0.233. The van der Waals surface area contributed by atoms with Crippen LogP contribution in [0, 0.1) is 3.57 Å². The Bertz CT molecular complexity index is 477. The molecule has 1 heterocycles. The number of hydrogen-bond donors (Lipinski definition) is 1. The van der Waals surface area contributed by atoms with Crippen molar-refractivity contribution in [2.45, 2.75) is 30.3 Å². The summed E-state index contributed by atoms with van der Waals surface area (Å²) in [6, 6.07) is 0. The molecule has 1 aromatic heterocycles. The van der Waals surface area contributed by atoms with Gasteiger partial charge in [0.1, 0.15) is 0 Å². The average molecular weight is 348 g/mol. The number of nitrogens with zero attached hydrogens (tertiary/aromatic N) is 1. The first-order chi connectivity index (χ1) is 8.06. The van der Waals surface area contributed by atoms with Gasteiger partial charge in [-0.05, 0) is 41.9 Å². The summed E-state index contributed by atoms with van der Waals surface area (Å²) in [6.45, 7) is 0. The minimum atomic E-state index is -0.360. The monoisotopic (exact) mass is 348 g/mol. The van der Waals surface area contributed by atoms with E-state index in [0.29, 0.717) is 5.69 Å². The van der Waals surface area contributed by atoms with Crippen LogP contribution in [-0.2, 0) is 14.9 Å². The number of rotatable bonds is 3. The van der Waals surface area contributed by atoms with Crippen molar-refractivity contribution < 1.29 is 14.3 Å². The van der Waals surface area contributed by atoms with Crippen molar-refractivity contribution in [3.05, 3.63) is 15.0 Å². The number of H-pyrrole nitrogens is 1. The van der Waals surface area contributed by atoms with Gasteiger partial charge in [0, 0.05) is 12.5 Å². The summed E-state index contributed by atoms with van der Waals surface area (Å²) in [6.07, 6.45) is 3.04. The molecule has 5 nitrogen and oxygen atoms in total. The Kier molecular flexibility index (Phi) is 2.32. The third kappa shape index (κ3) is 1.33. The second kappa shape index (κ2) is 3.44. The summed E-state index contributed by atoms with van der Waals surface area (Å²) in [5.74, 6) is -0.360. The van der Waals surface area contributed by atoms with Crippen molar-refractivity contribution in [1.82, 2.24) is 10.2 Å². The molecule has 3 aliphatic carbocycles. The van der Waals surface area contributed by atoms with E-state index < -0.39 is 0 Å². The molecule has 0 saturated heterocycles. The molecule has 6 heteroatoms. The van der Waals surface area contributed by atoms with E-state index in [1.54, 1.807) is 7.11 Å². The van der Waals surface area contributed by atoms with E-state index in [1.165, 1.54) is 7.11 Å². The number of ether oxygens (including phenoxy) is 2. The van der Waals surface area contributed by atoms with Crippen LogP contribution in [0.1, 0.15) is 35.4 Å². The first-order valence-electron chi connectivity index (χ1n) is 5.44. The maximum Gasteiger partial charge on any atom is 0.357 e. The Balaban J connectivity index is 1.87. The van der Waals surface area contributed by atoms with Gasteiger partial charge in [-0.3, -0.25) is 5.10 Å². The Morgan fingerprint density at radius 2 is 2.06 bits per heavy atom. The van der Waals surface area contributed by atoms with Gasteiger partial charge in [-0.25, -0.2) is 4.79 Å². The van der Waals surface area contributed by atoms with Crippen molar-refractivity contribution in [2.24, 2.45) is 0 Å². The third-order valence-corrected chi connectivity index (χ3v) is 5.06. The number of esters is 1. The second-order valence-corrected chi connectivity index (χ2v) is 6.03. The van der Waals surface area contributed by atoms with Crippen LogP contribution >= 0.6 is 22.6 Å². The van der Waals surface area contributed by atoms with E-state index in [-0.39, 0.29) is 17.0 Å². The van der Waals surface area contributed by atoms with Crippen molar-refractivity contribution in [3.63, 3.8) is 0 Å². The van der Waals surface area contributed by atoms with Crippen molar-refractivity contribution in [2.75, 3.05) is 14.2 Å². The molecule has 0 aliphatic heterocycles. The smallest absolute Gasteiger partial charge is 0.357 e. The Labute approximate surface area is 112 Å². The lowest BCUT2D eigenvalue weighted by atomic mass is 9.40. The molecular formula is C11H13IN2O3. The zero-order valence-corrected chi connectivity index (χ0v) is 11.8. The first kappa shape index (κ1) is 11.5. The molecule has 1 N–H and O–H groups in total. The van der Waals surface area contributed by atoms with E-state index >= 15 is 0 Å². The predicted octanol–water partition coefficient (Wildman–Crippen LogP) is 1.62. The molecule has 0 atom stereocenters. The zero-order valence-electron chi connectivity index (χ0n) is 9.67. The molecule has 1 aromatic rings. The third-order valence-electron chi connectivity index (χ3n) is 4.01. The molecule has 3 fully saturated rings. The molecule has 4 rings (SSSR count). The summed E-state index contributed by atoms with van der Waals surface area (Å²) in [7, 11) is 3.14. The molecule has 2 bridgehead atoms. The van der Waals surface area contributed by atoms with E-state index in [4.69, 9.17) is 9.47 Å². The van der Waals surface area contributed by atoms with E-state index in [2.05, 4.69) is 32.8 Å². The summed E-state index contributed by atoms with van der Waals surface area (Å²) >= 11 is 2.16. The summed E-state index contributed by atoms with van der Waals surface area (Å²) in [5, 5.41) is 7.07. The van der Waals surface area contributed by atoms with Gasteiger partial charge in [0.25, 0.3) is 0 Å². The van der Waals surface area contributed by atoms with Gasteiger partial charge in [-0.2, -0.15) is 5.10 Å². The minimum Gasteiger partial charge on any atom is -0.464 e. The molecule has 0 spiro atoms. The van der Waals surface area contributed by atoms with Gasteiger partial charge in [0.15, 0.2) is 5.69 Å². The maximum atomic E-state index is 11.5. The van der Waals surface area contributed by atoms with Crippen molar-refractivity contribution >= 4 is 28.6 Å². The van der Waals surface area contributed by atoms with Crippen LogP contribution in [-0.4, -0.2) is 36.0 Å². The molecule has 0 unspecified atom stereocenters. The van der Waals surface area contributed by atoms with Gasteiger partial charge < -0.3 is 9.47 Å². The molecule has 0 radical (unpaired) electrons. The second-order valence-electron chi connectivity index (χ2n) is 4.95. The summed E-state index contributed by atoms with van der Waals surface area (Å²) in [5.41, 5.74) is 1.68. The van der Waals surface area contributed by atoms with E-state index in [9.17, 15) is 4.79 Å². The van der Waals surface area contributed by atoms with Crippen LogP contribution in [0.5, 0.6) is 0 Å². The van der Waals surface area contributed by atoms with Gasteiger partial charge in [0.2, 0.25) is 0 Å². The van der Waals surface area contributed by atoms with Crippen LogP contribution < -0.4 is 0 Å². The Morgan fingerprint density at radius 1 is 1.41 bits per heavy atom. The minimum absolute atomic E-state index is 0.0907. The number of hydrogen-bond acceptors (Lipinski definition) is 4. The molecule has 0 aromatic carbocycles. The highest BCUT2D eigenvalue weighted by Gasteiger charge is 2.70.